The number of Topliss-reactive ketones (excluding diaryl/α,β-unsaturated/α-hetero) is 1. The maximum Gasteiger partial charge on any atom is 0.300 e. The molecule has 33 heavy (non-hydrogen) atoms. The number of rotatable bonds is 4. The molecule has 3 aromatic rings. The Hall–Kier alpha value is -4.00. The van der Waals surface area contributed by atoms with E-state index in [-0.39, 0.29) is 17.0 Å². The van der Waals surface area contributed by atoms with Crippen LogP contribution < -0.4 is 9.64 Å². The van der Waals surface area contributed by atoms with E-state index in [4.69, 9.17) is 4.74 Å². The molecule has 1 saturated heterocycles. The van der Waals surface area contributed by atoms with E-state index < -0.39 is 29.4 Å². The summed E-state index contributed by atoms with van der Waals surface area (Å²) in [6, 6.07) is 13.9. The molecule has 3 aromatic carbocycles. The molecule has 0 aliphatic carbocycles. The zero-order valence-corrected chi connectivity index (χ0v) is 18.2. The third kappa shape index (κ3) is 3.86. The van der Waals surface area contributed by atoms with Crippen molar-refractivity contribution < 1.29 is 28.2 Å². The molecule has 0 saturated carbocycles. The molecule has 5 nitrogen and oxygen atoms in total. The zero-order valence-electron chi connectivity index (χ0n) is 18.2. The van der Waals surface area contributed by atoms with Crippen molar-refractivity contribution in [3.8, 4) is 5.75 Å². The normalized spacial score (nSPS) is 17.5. The number of aryl methyl sites for hydroxylation is 2. The van der Waals surface area contributed by atoms with Gasteiger partial charge in [0.05, 0.1) is 18.7 Å². The number of anilines is 1. The Balaban J connectivity index is 1.96. The SMILES string of the molecule is COc1ccc(/C(O)=C2\C(=O)C(=O)N(c3ccc(F)c(F)c3)C2c2cccc(C)c2)cc1C. The molecule has 1 unspecified atom stereocenters. The summed E-state index contributed by atoms with van der Waals surface area (Å²) in [7, 11) is 1.52. The highest BCUT2D eigenvalue weighted by atomic mass is 19.2. The highest BCUT2D eigenvalue weighted by Gasteiger charge is 2.47. The lowest BCUT2D eigenvalue weighted by molar-refractivity contribution is -0.132. The first-order chi connectivity index (χ1) is 15.7. The average Bonchev–Trinajstić information content (AvgIpc) is 3.06. The second kappa shape index (κ2) is 8.50. The number of carbonyl (C=O) groups is 2. The molecular weight excluding hydrogens is 428 g/mol. The number of nitrogens with zero attached hydrogens (tertiary/aromatic N) is 1. The molecule has 1 N–H and O–H groups in total. The number of amides is 1. The van der Waals surface area contributed by atoms with Gasteiger partial charge in [0.15, 0.2) is 11.6 Å². The van der Waals surface area contributed by atoms with Crippen LogP contribution in [0.25, 0.3) is 5.76 Å². The van der Waals surface area contributed by atoms with Crippen molar-refractivity contribution >= 4 is 23.1 Å². The number of aliphatic hydroxyl groups excluding tert-OH is 1. The van der Waals surface area contributed by atoms with Crippen LogP contribution in [0.2, 0.25) is 0 Å². The molecule has 1 heterocycles. The van der Waals surface area contributed by atoms with Crippen molar-refractivity contribution in [3.05, 3.63) is 100 Å². The number of ether oxygens (including phenoxy) is 1. The number of ketones is 1. The fourth-order valence-electron chi connectivity index (χ4n) is 4.07. The van der Waals surface area contributed by atoms with Gasteiger partial charge in [-0.25, -0.2) is 8.78 Å². The van der Waals surface area contributed by atoms with Crippen molar-refractivity contribution in [1.29, 1.82) is 0 Å². The van der Waals surface area contributed by atoms with Gasteiger partial charge in [0.25, 0.3) is 11.7 Å². The number of carbonyl (C=O) groups excluding carboxylic acids is 2. The van der Waals surface area contributed by atoms with Gasteiger partial charge in [0.1, 0.15) is 11.5 Å². The molecule has 1 fully saturated rings. The summed E-state index contributed by atoms with van der Waals surface area (Å²) in [5, 5.41) is 11.2. The molecule has 0 radical (unpaired) electrons. The molecule has 168 valence electrons. The van der Waals surface area contributed by atoms with Crippen LogP contribution >= 0.6 is 0 Å². The number of halogens is 2. The first-order valence-electron chi connectivity index (χ1n) is 10.2. The lowest BCUT2D eigenvalue weighted by Gasteiger charge is -2.26. The first-order valence-corrected chi connectivity index (χ1v) is 10.2. The van der Waals surface area contributed by atoms with Gasteiger partial charge < -0.3 is 9.84 Å². The molecular formula is C26H21F2NO4. The summed E-state index contributed by atoms with van der Waals surface area (Å²) < 4.78 is 32.8. The lowest BCUT2D eigenvalue weighted by atomic mass is 9.94. The topological polar surface area (TPSA) is 66.8 Å². The van der Waals surface area contributed by atoms with Crippen molar-refractivity contribution in [2.24, 2.45) is 0 Å². The van der Waals surface area contributed by atoms with Crippen LogP contribution in [0.5, 0.6) is 5.75 Å². The fraction of sp³-hybridized carbons (Fsp3) is 0.154. The van der Waals surface area contributed by atoms with E-state index in [0.29, 0.717) is 16.9 Å². The van der Waals surface area contributed by atoms with E-state index in [0.717, 1.165) is 28.2 Å². The van der Waals surface area contributed by atoms with E-state index in [1.54, 1.807) is 43.3 Å². The Kier molecular flexibility index (Phi) is 5.72. The third-order valence-electron chi connectivity index (χ3n) is 5.65. The van der Waals surface area contributed by atoms with E-state index in [2.05, 4.69) is 0 Å². The molecule has 0 aromatic heterocycles. The standard InChI is InChI=1S/C26H21F2NO4/c1-14-5-4-6-16(11-14)23-22(24(30)17-7-10-21(33-3)15(2)12-17)25(31)26(32)29(23)18-8-9-19(27)20(28)13-18/h4-13,23,30H,1-3H3/b24-22+. The van der Waals surface area contributed by atoms with Crippen molar-refractivity contribution in [2.75, 3.05) is 12.0 Å². The minimum absolute atomic E-state index is 0.00691. The van der Waals surface area contributed by atoms with Crippen LogP contribution in [0.1, 0.15) is 28.3 Å². The number of hydrogen-bond donors (Lipinski definition) is 1. The molecule has 1 aliphatic heterocycles. The summed E-state index contributed by atoms with van der Waals surface area (Å²) >= 11 is 0. The maximum absolute atomic E-state index is 14.0. The second-order valence-electron chi connectivity index (χ2n) is 7.87. The van der Waals surface area contributed by atoms with Gasteiger partial charge in [-0.15, -0.1) is 0 Å². The van der Waals surface area contributed by atoms with Gasteiger partial charge in [-0.1, -0.05) is 29.8 Å². The Morgan fingerprint density at radius 1 is 0.970 bits per heavy atom. The zero-order chi connectivity index (χ0) is 23.9. The molecule has 4 rings (SSSR count). The fourth-order valence-corrected chi connectivity index (χ4v) is 4.07. The molecule has 1 aliphatic rings. The minimum Gasteiger partial charge on any atom is -0.507 e. The summed E-state index contributed by atoms with van der Waals surface area (Å²) in [5.74, 6) is -3.85. The number of aliphatic hydroxyl groups is 1. The number of benzene rings is 3. The van der Waals surface area contributed by atoms with Crippen LogP contribution in [0.4, 0.5) is 14.5 Å². The Morgan fingerprint density at radius 3 is 2.36 bits per heavy atom. The molecule has 0 spiro atoms. The molecule has 7 heteroatoms. The monoisotopic (exact) mass is 449 g/mol. The third-order valence-corrected chi connectivity index (χ3v) is 5.65. The number of hydrogen-bond acceptors (Lipinski definition) is 4. The Bertz CT molecular complexity index is 1320. The van der Waals surface area contributed by atoms with Crippen LogP contribution in [0.3, 0.4) is 0 Å². The van der Waals surface area contributed by atoms with Crippen LogP contribution in [0, 0.1) is 25.5 Å². The van der Waals surface area contributed by atoms with E-state index in [1.807, 2.05) is 13.0 Å². The van der Waals surface area contributed by atoms with Gasteiger partial charge in [0, 0.05) is 17.3 Å². The molecule has 1 amide bonds. The van der Waals surface area contributed by atoms with Gasteiger partial charge in [-0.2, -0.15) is 0 Å². The van der Waals surface area contributed by atoms with Gasteiger partial charge in [-0.3, -0.25) is 14.5 Å². The van der Waals surface area contributed by atoms with Gasteiger partial charge in [0.2, 0.25) is 0 Å². The van der Waals surface area contributed by atoms with Crippen LogP contribution in [-0.4, -0.2) is 23.9 Å². The van der Waals surface area contributed by atoms with Crippen molar-refractivity contribution in [2.45, 2.75) is 19.9 Å². The highest BCUT2D eigenvalue weighted by molar-refractivity contribution is 6.51. The predicted octanol–water partition coefficient (Wildman–Crippen LogP) is 5.22. The summed E-state index contributed by atoms with van der Waals surface area (Å²) in [5.41, 5.74) is 2.33. The first kappa shape index (κ1) is 22.2. The lowest BCUT2D eigenvalue weighted by Crippen LogP contribution is -2.29. The average molecular weight is 449 g/mol. The van der Waals surface area contributed by atoms with E-state index in [1.165, 1.54) is 13.2 Å². The maximum atomic E-state index is 14.0. The molecule has 0 bridgehead atoms. The highest BCUT2D eigenvalue weighted by Crippen LogP contribution is 2.42. The Labute approximate surface area is 189 Å². The van der Waals surface area contributed by atoms with E-state index >= 15 is 0 Å². The van der Waals surface area contributed by atoms with Crippen LogP contribution in [0.15, 0.2) is 66.2 Å². The van der Waals surface area contributed by atoms with Crippen molar-refractivity contribution in [1.82, 2.24) is 0 Å². The minimum atomic E-state index is -1.15. The quantitative estimate of drug-likeness (QED) is 0.337. The number of methoxy groups -OCH3 is 1. The van der Waals surface area contributed by atoms with E-state index in [9.17, 15) is 23.5 Å². The second-order valence-corrected chi connectivity index (χ2v) is 7.87. The van der Waals surface area contributed by atoms with Gasteiger partial charge in [-0.05, 0) is 55.3 Å². The van der Waals surface area contributed by atoms with Gasteiger partial charge >= 0.3 is 0 Å². The Morgan fingerprint density at radius 2 is 1.73 bits per heavy atom. The predicted molar refractivity (Wildman–Crippen MR) is 120 cm³/mol. The molecule has 1 atom stereocenters. The largest absolute Gasteiger partial charge is 0.507 e. The van der Waals surface area contributed by atoms with Crippen LogP contribution in [-0.2, 0) is 9.59 Å². The van der Waals surface area contributed by atoms with Crippen molar-refractivity contribution in [3.63, 3.8) is 0 Å². The summed E-state index contributed by atoms with van der Waals surface area (Å²) in [6.45, 7) is 3.63. The summed E-state index contributed by atoms with van der Waals surface area (Å²) in [6.07, 6.45) is 0. The smallest absolute Gasteiger partial charge is 0.300 e. The summed E-state index contributed by atoms with van der Waals surface area (Å²) in [4.78, 5) is 27.3.